The summed E-state index contributed by atoms with van der Waals surface area (Å²) in [4.78, 5) is 20.1. The first-order valence-electron chi connectivity index (χ1n) is 14.2. The molecular weight excluding hydrogens is 572 g/mol. The number of likely N-dealkylation sites (N-methyl/N-ethyl adjacent to an activating group) is 1. The molecule has 4 N–H and O–H groups in total. The lowest BCUT2D eigenvalue weighted by Crippen LogP contribution is -2.42. The summed E-state index contributed by atoms with van der Waals surface area (Å²) < 4.78 is 55.9. The lowest BCUT2D eigenvalue weighted by molar-refractivity contribution is -0.124. The van der Waals surface area contributed by atoms with Gasteiger partial charge in [0.25, 0.3) is 0 Å². The molecule has 1 unspecified atom stereocenters. The van der Waals surface area contributed by atoms with Gasteiger partial charge in [-0.15, -0.1) is 0 Å². The molecule has 1 aliphatic heterocycles. The Morgan fingerprint density at radius 2 is 1.84 bits per heavy atom. The van der Waals surface area contributed by atoms with Crippen LogP contribution in [0.5, 0.6) is 0 Å². The molecule has 2 aromatic carbocycles. The van der Waals surface area contributed by atoms with Gasteiger partial charge in [0, 0.05) is 56.8 Å². The van der Waals surface area contributed by atoms with E-state index in [1.54, 1.807) is 62.6 Å². The van der Waals surface area contributed by atoms with E-state index in [2.05, 4.69) is 15.2 Å². The molecule has 1 fully saturated rings. The molecule has 232 valence electrons. The molecule has 1 aromatic heterocycles. The van der Waals surface area contributed by atoms with Gasteiger partial charge in [-0.3, -0.25) is 15.1 Å². The third kappa shape index (κ3) is 8.76. The van der Waals surface area contributed by atoms with Crippen LogP contribution >= 0.6 is 0 Å². The zero-order valence-electron chi connectivity index (χ0n) is 24.7. The van der Waals surface area contributed by atoms with E-state index in [1.807, 2.05) is 6.08 Å². The number of allylic oxidation sites excluding steroid dienone is 1. The fourth-order valence-electron chi connectivity index (χ4n) is 5.22. The number of nitrogens with two attached hydrogens (primary N) is 1. The first-order valence-corrected chi connectivity index (χ1v) is 14.2. The molecule has 0 aliphatic carbocycles. The van der Waals surface area contributed by atoms with Gasteiger partial charge in [0.2, 0.25) is 11.9 Å². The number of nitrogens with one attached hydrogen (secondary N) is 2. The van der Waals surface area contributed by atoms with Crippen LogP contribution in [0.4, 0.5) is 29.1 Å². The number of halogens is 4. The lowest BCUT2D eigenvalue weighted by Gasteiger charge is -2.32. The molecule has 0 saturated carbocycles. The maximum absolute atomic E-state index is 14.0. The van der Waals surface area contributed by atoms with Gasteiger partial charge in [0.15, 0.2) is 0 Å². The monoisotopic (exact) mass is 608 g/mol. The summed E-state index contributed by atoms with van der Waals surface area (Å²) in [5, 5.41) is 10.9. The molecule has 3 aromatic rings. The molecule has 11 heteroatoms. The van der Waals surface area contributed by atoms with Gasteiger partial charge < -0.3 is 16.0 Å². The molecule has 4 rings (SSSR count). The smallest absolute Gasteiger partial charge is 0.393 e. The summed E-state index contributed by atoms with van der Waals surface area (Å²) in [7, 11) is 3.40. The minimum Gasteiger partial charge on any atom is -0.398 e. The Hall–Kier alpha value is -4.51. The molecule has 0 radical (unpaired) electrons. The molecule has 2 heterocycles. The van der Waals surface area contributed by atoms with Gasteiger partial charge in [-0.05, 0) is 65.9 Å². The number of hydrogen-bond donors (Lipinski definition) is 3. The van der Waals surface area contributed by atoms with Crippen molar-refractivity contribution in [2.45, 2.75) is 31.5 Å². The summed E-state index contributed by atoms with van der Waals surface area (Å²) >= 11 is 0. The fraction of sp³-hybridized carbons (Fsp3) is 0.303. The number of rotatable bonds is 10. The second-order valence-corrected chi connectivity index (χ2v) is 10.9. The van der Waals surface area contributed by atoms with E-state index in [1.165, 1.54) is 29.3 Å². The number of piperidine rings is 1. The number of hydrogen-bond acceptors (Lipinski definition) is 6. The van der Waals surface area contributed by atoms with Gasteiger partial charge in [-0.25, -0.2) is 4.98 Å². The Morgan fingerprint density at radius 3 is 2.48 bits per heavy atom. The van der Waals surface area contributed by atoms with Crippen LogP contribution in [0.3, 0.4) is 0 Å². The number of nitrogens with zero attached hydrogens (tertiary/aromatic N) is 3. The van der Waals surface area contributed by atoms with Gasteiger partial charge in [-0.2, -0.15) is 17.6 Å². The quantitative estimate of drug-likeness (QED) is 0.0815. The third-order valence-corrected chi connectivity index (χ3v) is 7.35. The highest BCUT2D eigenvalue weighted by Gasteiger charge is 2.32. The largest absolute Gasteiger partial charge is 0.398 e. The van der Waals surface area contributed by atoms with Crippen molar-refractivity contribution in [1.82, 2.24) is 14.8 Å². The number of anilines is 2. The van der Waals surface area contributed by atoms with Crippen LogP contribution in [-0.2, 0) is 4.79 Å². The zero-order chi connectivity index (χ0) is 31.9. The van der Waals surface area contributed by atoms with Crippen molar-refractivity contribution in [3.63, 3.8) is 0 Å². The SMILES string of the molecule is CN(C)C(=O)/C=C/CN1CCCC(Nc2ccc(/C(=C(/CC(F)(F)F)c3ccccc3)c3ccc(N)c(C(=N)F)c3)cn2)C1. The van der Waals surface area contributed by atoms with Gasteiger partial charge >= 0.3 is 6.18 Å². The maximum Gasteiger partial charge on any atom is 0.393 e. The zero-order valence-corrected chi connectivity index (χ0v) is 24.7. The van der Waals surface area contributed by atoms with E-state index in [0.717, 1.165) is 25.9 Å². The minimum atomic E-state index is -4.53. The van der Waals surface area contributed by atoms with Crippen molar-refractivity contribution in [2.24, 2.45) is 0 Å². The van der Waals surface area contributed by atoms with Crippen molar-refractivity contribution in [1.29, 1.82) is 5.41 Å². The van der Waals surface area contributed by atoms with Crippen LogP contribution in [0, 0.1) is 5.41 Å². The predicted octanol–water partition coefficient (Wildman–Crippen LogP) is 6.39. The predicted molar refractivity (Wildman–Crippen MR) is 167 cm³/mol. The standard InChI is InChI=1S/C33H36F4N6O/c1-42(2)30(44)11-7-17-43-16-6-10-25(21-43)41-29-15-13-24(20-40-29)31(23-12-14-28(38)26(18-23)32(34)39)27(19-33(35,36)37)22-8-4-3-5-9-22/h3-5,7-9,11-15,18,20,25,39H,6,10,16-17,19,21,38H2,1-2H3,(H,40,41)/b11-7+,31-27-,39-32?. The van der Waals surface area contributed by atoms with Gasteiger partial charge in [-0.1, -0.05) is 42.5 Å². The second-order valence-electron chi connectivity index (χ2n) is 10.9. The van der Waals surface area contributed by atoms with Crippen LogP contribution in [0.2, 0.25) is 0 Å². The Balaban J connectivity index is 1.66. The van der Waals surface area contributed by atoms with E-state index in [4.69, 9.17) is 11.1 Å². The second kappa shape index (κ2) is 14.3. The van der Waals surface area contributed by atoms with Gasteiger partial charge in [0.05, 0.1) is 12.0 Å². The first kappa shape index (κ1) is 32.4. The van der Waals surface area contributed by atoms with Crippen molar-refractivity contribution >= 4 is 34.5 Å². The summed E-state index contributed by atoms with van der Waals surface area (Å²) in [6.45, 7) is 2.28. The normalized spacial score (nSPS) is 16.5. The topological polar surface area (TPSA) is 98.3 Å². The number of aromatic nitrogens is 1. The highest BCUT2D eigenvalue weighted by molar-refractivity contribution is 6.02. The van der Waals surface area contributed by atoms with Crippen molar-refractivity contribution < 1.29 is 22.4 Å². The number of benzene rings is 2. The number of pyridine rings is 1. The number of carbonyl (C=O) groups excluding carboxylic acids is 1. The Kier molecular flexibility index (Phi) is 10.5. The molecule has 1 aliphatic rings. The highest BCUT2D eigenvalue weighted by atomic mass is 19.4. The van der Waals surface area contributed by atoms with E-state index in [0.29, 0.717) is 23.5 Å². The third-order valence-electron chi connectivity index (χ3n) is 7.35. The molecule has 1 amide bonds. The number of amides is 1. The Bertz CT molecular complexity index is 1520. The molecule has 44 heavy (non-hydrogen) atoms. The summed E-state index contributed by atoms with van der Waals surface area (Å²) in [5.41, 5.74) is 6.94. The van der Waals surface area contributed by atoms with Gasteiger partial charge in [0.1, 0.15) is 5.82 Å². The van der Waals surface area contributed by atoms with E-state index < -0.39 is 18.6 Å². The molecule has 1 saturated heterocycles. The number of carbonyl (C=O) groups is 1. The molecule has 0 bridgehead atoms. The lowest BCUT2D eigenvalue weighted by atomic mass is 9.87. The van der Waals surface area contributed by atoms with Crippen LogP contribution in [0.1, 0.15) is 41.5 Å². The average molecular weight is 609 g/mol. The summed E-state index contributed by atoms with van der Waals surface area (Å²) in [6.07, 6.45) is 1.03. The number of alkyl halides is 3. The summed E-state index contributed by atoms with van der Waals surface area (Å²) in [6, 6.07) is 15.9. The van der Waals surface area contributed by atoms with E-state index in [9.17, 15) is 22.4 Å². The first-order chi connectivity index (χ1) is 20.9. The van der Waals surface area contributed by atoms with Crippen molar-refractivity contribution in [3.05, 3.63) is 101 Å². The number of nitrogen functional groups attached to an aromatic ring is 1. The Morgan fingerprint density at radius 1 is 1.11 bits per heavy atom. The molecular formula is C33H36F4N6O. The van der Waals surface area contributed by atoms with Crippen molar-refractivity contribution in [3.8, 4) is 0 Å². The van der Waals surface area contributed by atoms with Crippen LogP contribution in [0.25, 0.3) is 11.1 Å². The maximum atomic E-state index is 14.0. The fourth-order valence-corrected chi connectivity index (χ4v) is 5.22. The van der Waals surface area contributed by atoms with Crippen LogP contribution < -0.4 is 11.1 Å². The van der Waals surface area contributed by atoms with Crippen molar-refractivity contribution in [2.75, 3.05) is 44.8 Å². The van der Waals surface area contributed by atoms with Crippen LogP contribution in [-0.4, -0.2) is 72.6 Å². The number of likely N-dealkylation sites (tertiary alicyclic amines) is 1. The summed E-state index contributed by atoms with van der Waals surface area (Å²) in [5.74, 6) is -0.781. The molecule has 7 nitrogen and oxygen atoms in total. The van der Waals surface area contributed by atoms with Crippen LogP contribution in [0.15, 0.2) is 79.0 Å². The van der Waals surface area contributed by atoms with E-state index in [-0.39, 0.29) is 39.9 Å². The minimum absolute atomic E-state index is 0.00885. The molecule has 1 atom stereocenters. The average Bonchev–Trinajstić information content (AvgIpc) is 2.98. The Labute approximate surface area is 254 Å². The van der Waals surface area contributed by atoms with E-state index >= 15 is 0 Å². The molecule has 0 spiro atoms. The highest BCUT2D eigenvalue weighted by Crippen LogP contribution is 2.40.